The molecule has 8 heteroatoms. The number of alkyl halides is 3. The Balaban J connectivity index is 3.67. The first-order chi connectivity index (χ1) is 7.70. The topological polar surface area (TPSA) is 64.6 Å². The summed E-state index contributed by atoms with van der Waals surface area (Å²) in [7, 11) is 0. The molecule has 0 atom stereocenters. The van der Waals surface area contributed by atoms with E-state index in [1.54, 1.807) is 0 Å². The largest absolute Gasteiger partial charge is 0.522 e. The summed E-state index contributed by atoms with van der Waals surface area (Å²) in [6, 6.07) is 0. The van der Waals surface area contributed by atoms with E-state index < -0.39 is 25.0 Å². The maximum atomic E-state index is 11.5. The predicted octanol–water partition coefficient (Wildman–Crippen LogP) is 2.09. The Bertz CT molecular complexity index is 301. The molecule has 0 heterocycles. The number of hydrogen-bond donors (Lipinski definition) is 1. The van der Waals surface area contributed by atoms with Gasteiger partial charge < -0.3 is 4.74 Å². The lowest BCUT2D eigenvalue weighted by Crippen LogP contribution is -2.30. The maximum Gasteiger partial charge on any atom is 0.522 e. The van der Waals surface area contributed by atoms with Crippen molar-refractivity contribution in [3.63, 3.8) is 0 Å². The third-order valence-corrected chi connectivity index (χ3v) is 1.32. The van der Waals surface area contributed by atoms with E-state index in [-0.39, 0.29) is 18.6 Å². The lowest BCUT2D eigenvalue weighted by atomic mass is 10.3. The lowest BCUT2D eigenvalue weighted by Gasteiger charge is -2.07. The number of halogens is 3. The molecule has 0 fully saturated rings. The molecule has 5 nitrogen and oxygen atoms in total. The first-order valence-electron chi connectivity index (χ1n) is 4.58. The quantitative estimate of drug-likeness (QED) is 0.603. The highest BCUT2D eigenvalue weighted by Crippen LogP contribution is 2.16. The van der Waals surface area contributed by atoms with Gasteiger partial charge in [-0.1, -0.05) is 6.58 Å². The van der Waals surface area contributed by atoms with Crippen molar-refractivity contribution in [1.29, 1.82) is 0 Å². The first kappa shape index (κ1) is 15.4. The van der Waals surface area contributed by atoms with Gasteiger partial charge in [-0.3, -0.25) is 14.8 Å². The van der Waals surface area contributed by atoms with Crippen LogP contribution in [0.2, 0.25) is 0 Å². The number of allylic oxidation sites excluding steroid dienone is 1. The van der Waals surface area contributed by atoms with Crippen LogP contribution in [0.15, 0.2) is 12.3 Å². The molecule has 0 saturated heterocycles. The molecule has 0 spiro atoms. The summed E-state index contributed by atoms with van der Waals surface area (Å²) in [6.07, 6.45) is -6.16. The number of nitrogens with one attached hydrogen (secondary N) is 1. The van der Waals surface area contributed by atoms with Crippen molar-refractivity contribution in [2.75, 3.05) is 6.61 Å². The van der Waals surface area contributed by atoms with Gasteiger partial charge in [0.2, 0.25) is 5.91 Å². The van der Waals surface area contributed by atoms with E-state index in [4.69, 9.17) is 0 Å². The highest BCUT2D eigenvalue weighted by molar-refractivity contribution is 5.91. The Kier molecular flexibility index (Phi) is 6.26. The molecule has 0 aromatic carbocycles. The van der Waals surface area contributed by atoms with E-state index in [2.05, 4.69) is 16.1 Å². The van der Waals surface area contributed by atoms with Gasteiger partial charge in [-0.15, -0.1) is 13.2 Å². The summed E-state index contributed by atoms with van der Waals surface area (Å²) in [6.45, 7) is 4.02. The standard InChI is InChI=1S/C9H12F3NO4/c1-6(2)17-8(15)13-7(14)4-3-5-16-9(10,11)12/h1,3-5H2,2H3,(H,13,14,15). The van der Waals surface area contributed by atoms with Gasteiger partial charge in [-0.25, -0.2) is 4.79 Å². The van der Waals surface area contributed by atoms with Crippen molar-refractivity contribution in [2.24, 2.45) is 0 Å². The van der Waals surface area contributed by atoms with Crippen molar-refractivity contribution in [3.05, 3.63) is 12.3 Å². The molecule has 0 aliphatic rings. The minimum Gasteiger partial charge on any atom is -0.416 e. The second-order valence-electron chi connectivity index (χ2n) is 3.04. The van der Waals surface area contributed by atoms with Crippen molar-refractivity contribution >= 4 is 12.0 Å². The second kappa shape index (κ2) is 6.89. The average molecular weight is 255 g/mol. The molecule has 2 amide bonds. The second-order valence-corrected chi connectivity index (χ2v) is 3.04. The van der Waals surface area contributed by atoms with Gasteiger partial charge in [0.15, 0.2) is 0 Å². The average Bonchev–Trinajstić information content (AvgIpc) is 2.09. The molecular formula is C9H12F3NO4. The number of hydrogen-bond acceptors (Lipinski definition) is 4. The van der Waals surface area contributed by atoms with E-state index in [0.29, 0.717) is 0 Å². The van der Waals surface area contributed by atoms with Crippen LogP contribution in [-0.2, 0) is 14.3 Å². The number of carbonyl (C=O) groups is 2. The van der Waals surface area contributed by atoms with Crippen LogP contribution in [0.4, 0.5) is 18.0 Å². The van der Waals surface area contributed by atoms with Crippen molar-refractivity contribution in [3.8, 4) is 0 Å². The van der Waals surface area contributed by atoms with Crippen molar-refractivity contribution < 1.29 is 32.2 Å². The SMILES string of the molecule is C=C(C)OC(=O)NC(=O)CCCOC(F)(F)F. The third kappa shape index (κ3) is 10.7. The smallest absolute Gasteiger partial charge is 0.416 e. The Morgan fingerprint density at radius 1 is 1.35 bits per heavy atom. The van der Waals surface area contributed by atoms with Crippen LogP contribution >= 0.6 is 0 Å². The summed E-state index contributed by atoms with van der Waals surface area (Å²) in [5.41, 5.74) is 0. The van der Waals surface area contributed by atoms with Crippen molar-refractivity contribution in [2.45, 2.75) is 26.1 Å². The van der Waals surface area contributed by atoms with Gasteiger partial charge in [0, 0.05) is 6.42 Å². The van der Waals surface area contributed by atoms with E-state index in [1.165, 1.54) is 6.92 Å². The Hall–Kier alpha value is -1.57. The van der Waals surface area contributed by atoms with Crippen LogP contribution in [0, 0.1) is 0 Å². The molecule has 0 aliphatic carbocycles. The van der Waals surface area contributed by atoms with Crippen molar-refractivity contribution in [1.82, 2.24) is 5.32 Å². The Morgan fingerprint density at radius 2 is 1.94 bits per heavy atom. The summed E-state index contributed by atoms with van der Waals surface area (Å²) < 4.78 is 42.4. The van der Waals surface area contributed by atoms with Gasteiger partial charge in [0.25, 0.3) is 0 Å². The van der Waals surface area contributed by atoms with E-state index in [0.717, 1.165) is 0 Å². The van der Waals surface area contributed by atoms with E-state index in [1.807, 2.05) is 5.32 Å². The number of ether oxygens (including phenoxy) is 2. The zero-order valence-electron chi connectivity index (χ0n) is 9.10. The minimum atomic E-state index is -4.71. The number of rotatable bonds is 5. The lowest BCUT2D eigenvalue weighted by molar-refractivity contribution is -0.324. The summed E-state index contributed by atoms with van der Waals surface area (Å²) >= 11 is 0. The molecule has 17 heavy (non-hydrogen) atoms. The molecule has 0 rings (SSSR count). The molecule has 0 bridgehead atoms. The van der Waals surface area contributed by atoms with E-state index >= 15 is 0 Å². The Morgan fingerprint density at radius 3 is 2.41 bits per heavy atom. The van der Waals surface area contributed by atoms with Crippen LogP contribution in [0.5, 0.6) is 0 Å². The van der Waals surface area contributed by atoms with Crippen LogP contribution in [0.1, 0.15) is 19.8 Å². The molecule has 0 aromatic rings. The molecule has 0 aliphatic heterocycles. The molecular weight excluding hydrogens is 243 g/mol. The van der Waals surface area contributed by atoms with Crippen LogP contribution in [-0.4, -0.2) is 25.0 Å². The predicted molar refractivity (Wildman–Crippen MR) is 50.7 cm³/mol. The maximum absolute atomic E-state index is 11.5. The fourth-order valence-corrected chi connectivity index (χ4v) is 0.781. The first-order valence-corrected chi connectivity index (χ1v) is 4.58. The molecule has 0 unspecified atom stereocenters. The fraction of sp³-hybridized carbons (Fsp3) is 0.556. The normalized spacial score (nSPS) is 10.8. The minimum absolute atomic E-state index is 0.0932. The highest BCUT2D eigenvalue weighted by Gasteiger charge is 2.28. The van der Waals surface area contributed by atoms with Gasteiger partial charge >= 0.3 is 12.5 Å². The van der Waals surface area contributed by atoms with Gasteiger partial charge in [0.1, 0.15) is 0 Å². The van der Waals surface area contributed by atoms with Gasteiger partial charge in [-0.2, -0.15) is 0 Å². The van der Waals surface area contributed by atoms with Crippen LogP contribution in [0.3, 0.4) is 0 Å². The summed E-state index contributed by atoms with van der Waals surface area (Å²) in [5.74, 6) is -0.655. The number of alkyl carbamates (subject to hydrolysis) is 1. The Labute approximate surface area is 95.6 Å². The third-order valence-electron chi connectivity index (χ3n) is 1.32. The van der Waals surface area contributed by atoms with Crippen LogP contribution < -0.4 is 5.32 Å². The number of amides is 2. The molecule has 0 saturated carbocycles. The fourth-order valence-electron chi connectivity index (χ4n) is 0.781. The monoisotopic (exact) mass is 255 g/mol. The van der Waals surface area contributed by atoms with E-state index in [9.17, 15) is 22.8 Å². The van der Waals surface area contributed by atoms with Gasteiger partial charge in [-0.05, 0) is 13.3 Å². The zero-order chi connectivity index (χ0) is 13.5. The zero-order valence-corrected chi connectivity index (χ0v) is 9.10. The molecule has 0 radical (unpaired) electrons. The van der Waals surface area contributed by atoms with Gasteiger partial charge in [0.05, 0.1) is 12.4 Å². The number of carbonyl (C=O) groups excluding carboxylic acids is 2. The molecule has 0 aromatic heterocycles. The number of imide groups is 1. The molecule has 98 valence electrons. The summed E-state index contributed by atoms with van der Waals surface area (Å²) in [5, 5.41) is 1.81. The summed E-state index contributed by atoms with van der Waals surface area (Å²) in [4.78, 5) is 21.8. The van der Waals surface area contributed by atoms with Crippen LogP contribution in [0.25, 0.3) is 0 Å². The molecule has 1 N–H and O–H groups in total. The highest BCUT2D eigenvalue weighted by atomic mass is 19.4.